The average Bonchev–Trinajstić information content (AvgIpc) is 2.69. The Morgan fingerprint density at radius 3 is 2.27 bits per heavy atom. The Kier molecular flexibility index (Phi) is 4.40. The van der Waals surface area contributed by atoms with E-state index in [-0.39, 0.29) is 5.56 Å². The Hall–Kier alpha value is -3.13. The van der Waals surface area contributed by atoms with E-state index in [1.54, 1.807) is 10.6 Å². The molecule has 4 aromatic rings. The standard InChI is InChI=1S/C24H21NO/c1-2-16-25-17-19(14-15-24(25)26)21-11-5-6-12-22(21)23-13-7-9-18-8-3-4-10-20(18)23/h3-15,17H,2,16H2,1H3. The van der Waals surface area contributed by atoms with Crippen molar-refractivity contribution in [2.45, 2.75) is 19.9 Å². The third-order valence-electron chi connectivity index (χ3n) is 4.77. The highest BCUT2D eigenvalue weighted by atomic mass is 16.1. The topological polar surface area (TPSA) is 22.0 Å². The fraction of sp³-hybridized carbons (Fsp3) is 0.125. The van der Waals surface area contributed by atoms with E-state index in [0.29, 0.717) is 0 Å². The van der Waals surface area contributed by atoms with Gasteiger partial charge in [-0.05, 0) is 45.5 Å². The van der Waals surface area contributed by atoms with Crippen LogP contribution in [-0.2, 0) is 6.54 Å². The quantitative estimate of drug-likeness (QED) is 0.464. The van der Waals surface area contributed by atoms with E-state index < -0.39 is 0 Å². The minimum atomic E-state index is 0.0539. The maximum absolute atomic E-state index is 12.1. The largest absolute Gasteiger partial charge is 0.315 e. The first kappa shape index (κ1) is 16.3. The molecule has 0 amide bonds. The number of aromatic nitrogens is 1. The second-order valence-electron chi connectivity index (χ2n) is 6.52. The second-order valence-corrected chi connectivity index (χ2v) is 6.52. The first-order valence-corrected chi connectivity index (χ1v) is 9.06. The summed E-state index contributed by atoms with van der Waals surface area (Å²) in [4.78, 5) is 12.1. The molecule has 26 heavy (non-hydrogen) atoms. The predicted molar refractivity (Wildman–Crippen MR) is 109 cm³/mol. The lowest BCUT2D eigenvalue weighted by molar-refractivity contribution is 0.655. The van der Waals surface area contributed by atoms with Crippen molar-refractivity contribution in [1.29, 1.82) is 0 Å². The summed E-state index contributed by atoms with van der Waals surface area (Å²) in [5.41, 5.74) is 4.67. The third-order valence-corrected chi connectivity index (χ3v) is 4.77. The van der Waals surface area contributed by atoms with Crippen LogP contribution in [0, 0.1) is 0 Å². The number of benzene rings is 3. The zero-order chi connectivity index (χ0) is 17.9. The molecule has 1 heterocycles. The van der Waals surface area contributed by atoms with Crippen LogP contribution in [0.3, 0.4) is 0 Å². The van der Waals surface area contributed by atoms with Crippen LogP contribution in [0.15, 0.2) is 89.9 Å². The van der Waals surface area contributed by atoms with Gasteiger partial charge in [0, 0.05) is 18.8 Å². The van der Waals surface area contributed by atoms with E-state index in [9.17, 15) is 4.79 Å². The fourth-order valence-electron chi connectivity index (χ4n) is 3.54. The summed E-state index contributed by atoms with van der Waals surface area (Å²) >= 11 is 0. The maximum Gasteiger partial charge on any atom is 0.250 e. The van der Waals surface area contributed by atoms with E-state index in [4.69, 9.17) is 0 Å². The third kappa shape index (κ3) is 2.95. The molecule has 0 saturated carbocycles. The average molecular weight is 339 g/mol. The van der Waals surface area contributed by atoms with E-state index in [1.165, 1.54) is 21.9 Å². The van der Waals surface area contributed by atoms with Gasteiger partial charge in [0.2, 0.25) is 0 Å². The van der Waals surface area contributed by atoms with Crippen LogP contribution in [0.5, 0.6) is 0 Å². The van der Waals surface area contributed by atoms with Crippen LogP contribution in [0.1, 0.15) is 13.3 Å². The van der Waals surface area contributed by atoms with E-state index in [2.05, 4.69) is 73.7 Å². The van der Waals surface area contributed by atoms with Crippen LogP contribution in [0.4, 0.5) is 0 Å². The Labute approximate surface area is 153 Å². The Bertz CT molecular complexity index is 1120. The molecule has 0 N–H and O–H groups in total. The van der Waals surface area contributed by atoms with Crippen molar-refractivity contribution in [2.75, 3.05) is 0 Å². The van der Waals surface area contributed by atoms with Crippen LogP contribution in [0.2, 0.25) is 0 Å². The zero-order valence-electron chi connectivity index (χ0n) is 14.9. The molecule has 4 rings (SSSR count). The fourth-order valence-corrected chi connectivity index (χ4v) is 3.54. The number of pyridine rings is 1. The number of fused-ring (bicyclic) bond motifs is 1. The van der Waals surface area contributed by atoms with E-state index in [0.717, 1.165) is 24.1 Å². The Morgan fingerprint density at radius 2 is 1.42 bits per heavy atom. The Balaban J connectivity index is 1.94. The lowest BCUT2D eigenvalue weighted by Crippen LogP contribution is -2.18. The molecule has 2 heteroatoms. The first-order chi connectivity index (χ1) is 12.8. The number of hydrogen-bond donors (Lipinski definition) is 0. The lowest BCUT2D eigenvalue weighted by Gasteiger charge is -2.14. The van der Waals surface area contributed by atoms with Crippen molar-refractivity contribution in [3.63, 3.8) is 0 Å². The van der Waals surface area contributed by atoms with Crippen molar-refractivity contribution in [3.8, 4) is 22.3 Å². The SMILES string of the molecule is CCCn1cc(-c2ccccc2-c2cccc3ccccc23)ccc1=O. The molecule has 1 aromatic heterocycles. The summed E-state index contributed by atoms with van der Waals surface area (Å²) in [5, 5.41) is 2.47. The van der Waals surface area contributed by atoms with Crippen LogP contribution in [-0.4, -0.2) is 4.57 Å². The molecule has 0 spiro atoms. The predicted octanol–water partition coefficient (Wildman–Crippen LogP) is 5.75. The minimum Gasteiger partial charge on any atom is -0.315 e. The molecule has 2 nitrogen and oxygen atoms in total. The molecule has 0 radical (unpaired) electrons. The van der Waals surface area contributed by atoms with Crippen LogP contribution >= 0.6 is 0 Å². The second kappa shape index (κ2) is 7.01. The number of hydrogen-bond acceptors (Lipinski definition) is 1. The molecular formula is C24H21NO. The van der Waals surface area contributed by atoms with Gasteiger partial charge >= 0.3 is 0 Å². The summed E-state index contributed by atoms with van der Waals surface area (Å²) in [6.45, 7) is 2.83. The number of aryl methyl sites for hydroxylation is 1. The summed E-state index contributed by atoms with van der Waals surface area (Å²) in [6.07, 6.45) is 2.92. The molecule has 0 aliphatic heterocycles. The zero-order valence-corrected chi connectivity index (χ0v) is 14.9. The molecule has 0 fully saturated rings. The molecule has 3 aromatic carbocycles. The normalized spacial score (nSPS) is 11.0. The van der Waals surface area contributed by atoms with Gasteiger partial charge < -0.3 is 4.57 Å². The van der Waals surface area contributed by atoms with Gasteiger partial charge in [-0.15, -0.1) is 0 Å². The first-order valence-electron chi connectivity index (χ1n) is 9.06. The smallest absolute Gasteiger partial charge is 0.250 e. The van der Waals surface area contributed by atoms with Gasteiger partial charge in [0.05, 0.1) is 0 Å². The van der Waals surface area contributed by atoms with Gasteiger partial charge in [-0.1, -0.05) is 73.7 Å². The van der Waals surface area contributed by atoms with Gasteiger partial charge in [0.1, 0.15) is 0 Å². The van der Waals surface area contributed by atoms with Crippen molar-refractivity contribution in [3.05, 3.63) is 95.4 Å². The highest BCUT2D eigenvalue weighted by molar-refractivity contribution is 6.00. The van der Waals surface area contributed by atoms with E-state index >= 15 is 0 Å². The van der Waals surface area contributed by atoms with Gasteiger partial charge in [0.25, 0.3) is 5.56 Å². The summed E-state index contributed by atoms with van der Waals surface area (Å²) in [5.74, 6) is 0. The molecule has 0 unspecified atom stereocenters. The highest BCUT2D eigenvalue weighted by Gasteiger charge is 2.10. The molecule has 0 bridgehead atoms. The highest BCUT2D eigenvalue weighted by Crippen LogP contribution is 2.35. The summed E-state index contributed by atoms with van der Waals surface area (Å²) in [6, 6.07) is 26.9. The monoisotopic (exact) mass is 339 g/mol. The van der Waals surface area contributed by atoms with Gasteiger partial charge in [-0.3, -0.25) is 4.79 Å². The number of nitrogens with zero attached hydrogens (tertiary/aromatic N) is 1. The maximum atomic E-state index is 12.1. The lowest BCUT2D eigenvalue weighted by atomic mass is 9.92. The molecule has 128 valence electrons. The molecular weight excluding hydrogens is 318 g/mol. The Morgan fingerprint density at radius 1 is 0.731 bits per heavy atom. The summed E-state index contributed by atoms with van der Waals surface area (Å²) in [7, 11) is 0. The van der Waals surface area contributed by atoms with Gasteiger partial charge in [0.15, 0.2) is 0 Å². The minimum absolute atomic E-state index is 0.0539. The van der Waals surface area contributed by atoms with Crippen molar-refractivity contribution < 1.29 is 0 Å². The van der Waals surface area contributed by atoms with Crippen molar-refractivity contribution >= 4 is 10.8 Å². The summed E-state index contributed by atoms with van der Waals surface area (Å²) < 4.78 is 1.80. The van der Waals surface area contributed by atoms with Crippen LogP contribution < -0.4 is 5.56 Å². The molecule has 0 aliphatic rings. The van der Waals surface area contributed by atoms with Crippen LogP contribution in [0.25, 0.3) is 33.0 Å². The van der Waals surface area contributed by atoms with Crippen molar-refractivity contribution in [2.24, 2.45) is 0 Å². The van der Waals surface area contributed by atoms with Gasteiger partial charge in [-0.2, -0.15) is 0 Å². The number of rotatable bonds is 4. The van der Waals surface area contributed by atoms with Gasteiger partial charge in [-0.25, -0.2) is 0 Å². The van der Waals surface area contributed by atoms with Crippen molar-refractivity contribution in [1.82, 2.24) is 4.57 Å². The molecule has 0 atom stereocenters. The van der Waals surface area contributed by atoms with E-state index in [1.807, 2.05) is 12.3 Å². The molecule has 0 aliphatic carbocycles. The molecule has 0 saturated heterocycles.